The second-order valence-electron chi connectivity index (χ2n) is 6.30. The number of esters is 2. The number of rotatable bonds is 5. The molecule has 0 N–H and O–H groups in total. The lowest BCUT2D eigenvalue weighted by Gasteiger charge is -2.07. The normalized spacial score (nSPS) is 11.0. The van der Waals surface area contributed by atoms with Crippen LogP contribution in [0.15, 0.2) is 24.3 Å². The molecule has 3 rings (SSSR count). The zero-order valence-corrected chi connectivity index (χ0v) is 16.2. The van der Waals surface area contributed by atoms with E-state index in [1.54, 1.807) is 29.8 Å². The summed E-state index contributed by atoms with van der Waals surface area (Å²) in [5, 5.41) is 4.96. The Labute approximate surface area is 157 Å². The minimum Gasteiger partial charge on any atom is -0.462 e. The standard InChI is InChI=1S/C20H23N3O4/c1-6-23-17(10-12(3)21-23)19(24)27-14-8-9-16-15(11-14)18(13(4)22(16)5)20(25)26-7-2/h8-11H,6-7H2,1-5H3. The van der Waals surface area contributed by atoms with Crippen molar-refractivity contribution < 1.29 is 19.1 Å². The molecule has 142 valence electrons. The summed E-state index contributed by atoms with van der Waals surface area (Å²) in [5.74, 6) is -0.504. The molecule has 0 aliphatic rings. The lowest BCUT2D eigenvalue weighted by molar-refractivity contribution is 0.0527. The summed E-state index contributed by atoms with van der Waals surface area (Å²) in [4.78, 5) is 24.9. The van der Waals surface area contributed by atoms with E-state index in [1.807, 2.05) is 38.5 Å². The quantitative estimate of drug-likeness (QED) is 0.509. The molecule has 7 nitrogen and oxygen atoms in total. The molecule has 0 amide bonds. The first kappa shape index (κ1) is 18.7. The van der Waals surface area contributed by atoms with Crippen molar-refractivity contribution in [1.29, 1.82) is 0 Å². The van der Waals surface area contributed by atoms with E-state index in [1.165, 1.54) is 0 Å². The van der Waals surface area contributed by atoms with Crippen LogP contribution in [0.4, 0.5) is 0 Å². The van der Waals surface area contributed by atoms with Gasteiger partial charge in [-0.1, -0.05) is 0 Å². The molecule has 3 aromatic rings. The summed E-state index contributed by atoms with van der Waals surface area (Å²) in [6, 6.07) is 6.94. The highest BCUT2D eigenvalue weighted by Gasteiger charge is 2.21. The maximum absolute atomic E-state index is 12.6. The Morgan fingerprint density at radius 1 is 1.11 bits per heavy atom. The van der Waals surface area contributed by atoms with Crippen molar-refractivity contribution in [3.8, 4) is 5.75 Å². The number of aryl methyl sites for hydroxylation is 3. The Bertz CT molecular complexity index is 1030. The number of nitrogens with zero attached hydrogens (tertiary/aromatic N) is 3. The minimum atomic E-state index is -0.484. The van der Waals surface area contributed by atoms with Gasteiger partial charge in [-0.2, -0.15) is 5.10 Å². The van der Waals surface area contributed by atoms with Crippen LogP contribution >= 0.6 is 0 Å². The van der Waals surface area contributed by atoms with Gasteiger partial charge in [0.15, 0.2) is 0 Å². The zero-order chi connectivity index (χ0) is 19.7. The number of hydrogen-bond donors (Lipinski definition) is 0. The van der Waals surface area contributed by atoms with E-state index < -0.39 is 5.97 Å². The third-order valence-electron chi connectivity index (χ3n) is 4.56. The highest BCUT2D eigenvalue weighted by Crippen LogP contribution is 2.29. The Morgan fingerprint density at radius 2 is 1.85 bits per heavy atom. The molecule has 0 radical (unpaired) electrons. The molecule has 0 saturated heterocycles. The minimum absolute atomic E-state index is 0.295. The predicted octanol–water partition coefficient (Wildman–Crippen LogP) is 3.41. The van der Waals surface area contributed by atoms with Crippen LogP contribution in [0.5, 0.6) is 5.75 Å². The number of fused-ring (bicyclic) bond motifs is 1. The van der Waals surface area contributed by atoms with Gasteiger partial charge in [0.2, 0.25) is 0 Å². The Kier molecular flexibility index (Phi) is 5.03. The molecule has 0 spiro atoms. The highest BCUT2D eigenvalue weighted by atomic mass is 16.5. The summed E-state index contributed by atoms with van der Waals surface area (Å²) < 4.78 is 14.3. The maximum atomic E-state index is 12.6. The van der Waals surface area contributed by atoms with Crippen LogP contribution in [0.25, 0.3) is 10.9 Å². The van der Waals surface area contributed by atoms with E-state index in [2.05, 4.69) is 5.10 Å². The predicted molar refractivity (Wildman–Crippen MR) is 101 cm³/mol. The van der Waals surface area contributed by atoms with Crippen molar-refractivity contribution in [2.45, 2.75) is 34.2 Å². The number of aromatic nitrogens is 3. The molecular weight excluding hydrogens is 346 g/mol. The second kappa shape index (κ2) is 7.26. The summed E-state index contributed by atoms with van der Waals surface area (Å²) >= 11 is 0. The van der Waals surface area contributed by atoms with Gasteiger partial charge in [-0.05, 0) is 52.0 Å². The van der Waals surface area contributed by atoms with Crippen LogP contribution in [0.3, 0.4) is 0 Å². The van der Waals surface area contributed by atoms with Crippen molar-refractivity contribution in [3.63, 3.8) is 0 Å². The van der Waals surface area contributed by atoms with Crippen molar-refractivity contribution in [1.82, 2.24) is 14.3 Å². The zero-order valence-electron chi connectivity index (χ0n) is 16.2. The van der Waals surface area contributed by atoms with Crippen LogP contribution < -0.4 is 4.74 Å². The molecular formula is C20H23N3O4. The van der Waals surface area contributed by atoms with Crippen LogP contribution in [0.2, 0.25) is 0 Å². The Balaban J connectivity index is 2.00. The Morgan fingerprint density at radius 3 is 2.52 bits per heavy atom. The number of hydrogen-bond acceptors (Lipinski definition) is 5. The first-order valence-corrected chi connectivity index (χ1v) is 8.90. The third-order valence-corrected chi connectivity index (χ3v) is 4.56. The topological polar surface area (TPSA) is 75.3 Å². The summed E-state index contributed by atoms with van der Waals surface area (Å²) in [5.41, 5.74) is 3.30. The van der Waals surface area contributed by atoms with Gasteiger partial charge in [0, 0.05) is 30.2 Å². The molecule has 1 aromatic carbocycles. The third kappa shape index (κ3) is 3.32. The van der Waals surface area contributed by atoms with Crippen LogP contribution in [0, 0.1) is 13.8 Å². The molecule has 0 bridgehead atoms. The molecule has 0 atom stereocenters. The van der Waals surface area contributed by atoms with E-state index in [9.17, 15) is 9.59 Å². The number of benzene rings is 1. The van der Waals surface area contributed by atoms with Crippen molar-refractivity contribution in [3.05, 3.63) is 46.9 Å². The van der Waals surface area contributed by atoms with E-state index in [-0.39, 0.29) is 5.97 Å². The fourth-order valence-corrected chi connectivity index (χ4v) is 3.19. The fourth-order valence-electron chi connectivity index (χ4n) is 3.19. The van der Waals surface area contributed by atoms with Gasteiger partial charge in [-0.3, -0.25) is 4.68 Å². The van der Waals surface area contributed by atoms with Crippen LogP contribution in [0.1, 0.15) is 46.1 Å². The number of carbonyl (C=O) groups excluding carboxylic acids is 2. The molecule has 0 aliphatic heterocycles. The molecule has 0 saturated carbocycles. The SMILES string of the molecule is CCOC(=O)c1c(C)n(C)c2ccc(OC(=O)c3cc(C)nn3CC)cc12. The molecule has 2 heterocycles. The van der Waals surface area contributed by atoms with Crippen molar-refractivity contribution in [2.24, 2.45) is 7.05 Å². The summed E-state index contributed by atoms with van der Waals surface area (Å²) in [6.07, 6.45) is 0. The van der Waals surface area contributed by atoms with Gasteiger partial charge in [-0.25, -0.2) is 9.59 Å². The van der Waals surface area contributed by atoms with Gasteiger partial charge in [-0.15, -0.1) is 0 Å². The van der Waals surface area contributed by atoms with Crippen LogP contribution in [-0.2, 0) is 18.3 Å². The first-order valence-electron chi connectivity index (χ1n) is 8.90. The largest absolute Gasteiger partial charge is 0.462 e. The molecule has 0 aliphatic carbocycles. The lowest BCUT2D eigenvalue weighted by atomic mass is 10.1. The Hall–Kier alpha value is -3.09. The smallest absolute Gasteiger partial charge is 0.362 e. The summed E-state index contributed by atoms with van der Waals surface area (Å²) in [7, 11) is 1.88. The van der Waals surface area contributed by atoms with Gasteiger partial charge in [0.25, 0.3) is 0 Å². The fraction of sp³-hybridized carbons (Fsp3) is 0.350. The molecule has 27 heavy (non-hydrogen) atoms. The monoisotopic (exact) mass is 369 g/mol. The van der Waals surface area contributed by atoms with Crippen LogP contribution in [-0.4, -0.2) is 32.9 Å². The van der Waals surface area contributed by atoms with Gasteiger partial charge in [0.1, 0.15) is 11.4 Å². The van der Waals surface area contributed by atoms with E-state index in [4.69, 9.17) is 9.47 Å². The second-order valence-corrected chi connectivity index (χ2v) is 6.30. The van der Waals surface area contributed by atoms with Crippen molar-refractivity contribution >= 4 is 22.8 Å². The van der Waals surface area contributed by atoms with Gasteiger partial charge >= 0.3 is 11.9 Å². The molecule has 7 heteroatoms. The van der Waals surface area contributed by atoms with Gasteiger partial charge < -0.3 is 14.0 Å². The molecule has 0 unspecified atom stereocenters. The average molecular weight is 369 g/mol. The first-order chi connectivity index (χ1) is 12.9. The van der Waals surface area contributed by atoms with Gasteiger partial charge in [0.05, 0.1) is 17.9 Å². The van der Waals surface area contributed by atoms with E-state index in [0.29, 0.717) is 35.5 Å². The lowest BCUT2D eigenvalue weighted by Crippen LogP contribution is -2.15. The van der Waals surface area contributed by atoms with E-state index in [0.717, 1.165) is 16.9 Å². The van der Waals surface area contributed by atoms with E-state index >= 15 is 0 Å². The summed E-state index contributed by atoms with van der Waals surface area (Å²) in [6.45, 7) is 8.23. The molecule has 2 aromatic heterocycles. The number of carbonyl (C=O) groups is 2. The maximum Gasteiger partial charge on any atom is 0.362 e. The number of ether oxygens (including phenoxy) is 2. The van der Waals surface area contributed by atoms with Crippen molar-refractivity contribution in [2.75, 3.05) is 6.61 Å². The average Bonchev–Trinajstić information content (AvgIpc) is 3.13. The highest BCUT2D eigenvalue weighted by molar-refractivity contribution is 6.06. The molecule has 0 fully saturated rings.